The van der Waals surface area contributed by atoms with Crippen LogP contribution < -0.4 is 4.74 Å². The number of halogens is 1. The summed E-state index contributed by atoms with van der Waals surface area (Å²) < 4.78 is 13.4. The number of rotatable bonds is 4. The molecule has 3 aromatic rings. The molecule has 0 saturated carbocycles. The van der Waals surface area contributed by atoms with Crippen molar-refractivity contribution in [2.24, 2.45) is 0 Å². The molecule has 0 unspecified atom stereocenters. The third-order valence-corrected chi connectivity index (χ3v) is 3.42. The van der Waals surface area contributed by atoms with Crippen molar-refractivity contribution in [2.75, 3.05) is 0 Å². The van der Waals surface area contributed by atoms with Gasteiger partial charge in [-0.1, -0.05) is 17.7 Å². The third kappa shape index (κ3) is 3.46. The minimum absolute atomic E-state index is 0.168. The lowest BCUT2D eigenvalue weighted by molar-refractivity contribution is 0.0699. The van der Waals surface area contributed by atoms with Gasteiger partial charge in [0.2, 0.25) is 5.76 Å². The van der Waals surface area contributed by atoms with Gasteiger partial charge in [-0.2, -0.15) is 5.10 Å². The van der Waals surface area contributed by atoms with Crippen LogP contribution in [0.1, 0.15) is 21.9 Å². The van der Waals surface area contributed by atoms with Gasteiger partial charge in [-0.25, -0.2) is 4.79 Å². The molecule has 6 heteroatoms. The molecule has 1 aromatic carbocycles. The van der Waals surface area contributed by atoms with E-state index in [1.807, 2.05) is 25.3 Å². The molecule has 2 heterocycles. The smallest absolute Gasteiger partial charge is 0.379 e. The minimum atomic E-state index is -0.517. The summed E-state index contributed by atoms with van der Waals surface area (Å²) in [4.78, 5) is 12.0. The van der Waals surface area contributed by atoms with E-state index < -0.39 is 5.97 Å². The second-order valence-electron chi connectivity index (χ2n) is 4.82. The number of carbonyl (C=O) groups is 1. The summed E-state index contributed by atoms with van der Waals surface area (Å²) in [6.45, 7) is 2.42. The summed E-state index contributed by atoms with van der Waals surface area (Å²) >= 11 is 3.33. The largest absolute Gasteiger partial charge is 0.452 e. The first kappa shape index (κ1) is 14.6. The number of aryl methyl sites for hydroxylation is 1. The van der Waals surface area contributed by atoms with Gasteiger partial charge in [-0.15, -0.1) is 0 Å². The highest BCUT2D eigenvalue weighted by atomic mass is 79.9. The average Bonchev–Trinajstić information content (AvgIpc) is 3.11. The lowest BCUT2D eigenvalue weighted by Crippen LogP contribution is -2.07. The molecule has 0 saturated heterocycles. The molecule has 0 bridgehead atoms. The molecule has 0 aliphatic carbocycles. The molecule has 0 spiro atoms. The minimum Gasteiger partial charge on any atom is -0.452 e. The highest BCUT2D eigenvalue weighted by molar-refractivity contribution is 9.10. The van der Waals surface area contributed by atoms with Gasteiger partial charge in [0, 0.05) is 6.20 Å². The van der Waals surface area contributed by atoms with E-state index in [1.165, 1.54) is 0 Å². The number of benzene rings is 1. The Hall–Kier alpha value is -2.34. The molecule has 0 fully saturated rings. The number of hydrogen-bond donors (Lipinski definition) is 0. The van der Waals surface area contributed by atoms with Crippen LogP contribution in [0.5, 0.6) is 5.75 Å². The average molecular weight is 361 g/mol. The van der Waals surface area contributed by atoms with Gasteiger partial charge in [0.25, 0.3) is 0 Å². The molecule has 3 rings (SSSR count). The van der Waals surface area contributed by atoms with E-state index >= 15 is 0 Å². The van der Waals surface area contributed by atoms with Crippen LogP contribution in [-0.4, -0.2) is 15.7 Å². The molecule has 0 radical (unpaired) electrons. The lowest BCUT2D eigenvalue weighted by atomic mass is 10.2. The molecular formula is C16H13BrN2O3. The van der Waals surface area contributed by atoms with Crippen molar-refractivity contribution in [3.8, 4) is 5.75 Å². The molecule has 0 aliphatic heterocycles. The fraction of sp³-hybridized carbons (Fsp3) is 0.125. The molecule has 22 heavy (non-hydrogen) atoms. The Morgan fingerprint density at radius 1 is 1.27 bits per heavy atom. The van der Waals surface area contributed by atoms with Gasteiger partial charge in [-0.3, -0.25) is 4.68 Å². The number of nitrogens with zero attached hydrogens (tertiary/aromatic N) is 2. The summed E-state index contributed by atoms with van der Waals surface area (Å²) in [5.41, 5.74) is 1.10. The predicted octanol–water partition coefficient (Wildman–Crippen LogP) is 3.81. The zero-order chi connectivity index (χ0) is 15.5. The molecule has 0 aliphatic rings. The Kier molecular flexibility index (Phi) is 4.11. The zero-order valence-corrected chi connectivity index (χ0v) is 13.4. The Morgan fingerprint density at radius 2 is 2.05 bits per heavy atom. The maximum absolute atomic E-state index is 12.0. The normalized spacial score (nSPS) is 10.6. The first-order valence-corrected chi connectivity index (χ1v) is 7.45. The van der Waals surface area contributed by atoms with E-state index in [0.29, 0.717) is 18.1 Å². The second-order valence-corrected chi connectivity index (χ2v) is 5.74. The van der Waals surface area contributed by atoms with Crippen molar-refractivity contribution in [2.45, 2.75) is 13.5 Å². The van der Waals surface area contributed by atoms with Crippen LogP contribution in [0.25, 0.3) is 0 Å². The number of esters is 1. The Labute approximate surface area is 135 Å². The fourth-order valence-electron chi connectivity index (χ4n) is 1.92. The number of aromatic nitrogens is 2. The Morgan fingerprint density at radius 3 is 2.73 bits per heavy atom. The van der Waals surface area contributed by atoms with Crippen molar-refractivity contribution in [3.63, 3.8) is 0 Å². The quantitative estimate of drug-likeness (QED) is 0.524. The monoisotopic (exact) mass is 360 g/mol. The SMILES string of the molecule is Cc1ccc(OC(=O)c2ccc(Cn3cc(Br)cn3)o2)cc1. The van der Waals surface area contributed by atoms with Crippen molar-refractivity contribution < 1.29 is 13.9 Å². The van der Waals surface area contributed by atoms with E-state index in [2.05, 4.69) is 21.0 Å². The van der Waals surface area contributed by atoms with Crippen molar-refractivity contribution in [1.82, 2.24) is 9.78 Å². The summed E-state index contributed by atoms with van der Waals surface area (Å²) in [5.74, 6) is 0.773. The molecular weight excluding hydrogens is 348 g/mol. The predicted molar refractivity (Wildman–Crippen MR) is 83.9 cm³/mol. The first-order valence-electron chi connectivity index (χ1n) is 6.66. The van der Waals surface area contributed by atoms with E-state index in [0.717, 1.165) is 10.0 Å². The van der Waals surface area contributed by atoms with Crippen LogP contribution in [0.2, 0.25) is 0 Å². The third-order valence-electron chi connectivity index (χ3n) is 3.01. The second kappa shape index (κ2) is 6.19. The molecule has 5 nitrogen and oxygen atoms in total. The van der Waals surface area contributed by atoms with E-state index in [1.54, 1.807) is 35.1 Å². The maximum Gasteiger partial charge on any atom is 0.379 e. The molecule has 2 aromatic heterocycles. The fourth-order valence-corrected chi connectivity index (χ4v) is 2.25. The van der Waals surface area contributed by atoms with E-state index in [4.69, 9.17) is 9.15 Å². The number of carbonyl (C=O) groups excluding carboxylic acids is 1. The van der Waals surface area contributed by atoms with Gasteiger partial charge >= 0.3 is 5.97 Å². The highest BCUT2D eigenvalue weighted by Gasteiger charge is 2.14. The van der Waals surface area contributed by atoms with Gasteiger partial charge in [0.15, 0.2) is 0 Å². The molecule has 0 N–H and O–H groups in total. The van der Waals surface area contributed by atoms with Crippen molar-refractivity contribution in [1.29, 1.82) is 0 Å². The van der Waals surface area contributed by atoms with Gasteiger partial charge in [-0.05, 0) is 47.1 Å². The van der Waals surface area contributed by atoms with Gasteiger partial charge in [0.1, 0.15) is 11.5 Å². The number of hydrogen-bond acceptors (Lipinski definition) is 4. The van der Waals surface area contributed by atoms with Crippen LogP contribution in [-0.2, 0) is 6.54 Å². The van der Waals surface area contributed by atoms with Crippen LogP contribution in [0.4, 0.5) is 0 Å². The Bertz CT molecular complexity index is 790. The highest BCUT2D eigenvalue weighted by Crippen LogP contribution is 2.16. The summed E-state index contributed by atoms with van der Waals surface area (Å²) in [6.07, 6.45) is 3.52. The van der Waals surface area contributed by atoms with Gasteiger partial charge < -0.3 is 9.15 Å². The van der Waals surface area contributed by atoms with Crippen molar-refractivity contribution >= 4 is 21.9 Å². The van der Waals surface area contributed by atoms with E-state index in [-0.39, 0.29) is 5.76 Å². The van der Waals surface area contributed by atoms with Crippen LogP contribution >= 0.6 is 15.9 Å². The van der Waals surface area contributed by atoms with Crippen LogP contribution in [0, 0.1) is 6.92 Å². The molecule has 0 amide bonds. The summed E-state index contributed by atoms with van der Waals surface area (Å²) in [7, 11) is 0. The molecule has 112 valence electrons. The number of furan rings is 1. The van der Waals surface area contributed by atoms with Crippen LogP contribution in [0.15, 0.2) is 57.7 Å². The zero-order valence-electron chi connectivity index (χ0n) is 11.8. The maximum atomic E-state index is 12.0. The van der Waals surface area contributed by atoms with E-state index in [9.17, 15) is 4.79 Å². The summed E-state index contributed by atoms with van der Waals surface area (Å²) in [6, 6.07) is 10.6. The van der Waals surface area contributed by atoms with Crippen molar-refractivity contribution in [3.05, 3.63) is 70.3 Å². The van der Waals surface area contributed by atoms with Gasteiger partial charge in [0.05, 0.1) is 17.2 Å². The summed E-state index contributed by atoms with van der Waals surface area (Å²) in [5, 5.41) is 4.13. The molecule has 0 atom stereocenters. The standard InChI is InChI=1S/C16H13BrN2O3/c1-11-2-4-13(5-3-11)22-16(20)15-7-6-14(21-15)10-19-9-12(17)8-18-19/h2-9H,10H2,1H3. The van der Waals surface area contributed by atoms with Crippen LogP contribution in [0.3, 0.4) is 0 Å². The first-order chi connectivity index (χ1) is 10.6. The topological polar surface area (TPSA) is 57.3 Å². The lowest BCUT2D eigenvalue weighted by Gasteiger charge is -2.02. The Balaban J connectivity index is 1.67. The number of ether oxygens (including phenoxy) is 1.